The Morgan fingerprint density at radius 1 is 1.33 bits per heavy atom. The van der Waals surface area contributed by atoms with Crippen LogP contribution in [0.3, 0.4) is 0 Å². The summed E-state index contributed by atoms with van der Waals surface area (Å²) >= 11 is 0. The first-order chi connectivity index (χ1) is 11.6. The fourth-order valence-corrected chi connectivity index (χ4v) is 3.11. The minimum Gasteiger partial charge on any atom is -0.383 e. The first-order valence-corrected chi connectivity index (χ1v) is 8.38. The lowest BCUT2D eigenvalue weighted by Crippen LogP contribution is -2.48. The van der Waals surface area contributed by atoms with E-state index in [4.69, 9.17) is 0 Å². The molecule has 1 atom stereocenters. The van der Waals surface area contributed by atoms with Crippen molar-refractivity contribution in [1.82, 2.24) is 14.9 Å². The van der Waals surface area contributed by atoms with Gasteiger partial charge in [-0.05, 0) is 18.4 Å². The van der Waals surface area contributed by atoms with Crippen molar-refractivity contribution < 1.29 is 9.90 Å². The van der Waals surface area contributed by atoms with Gasteiger partial charge in [-0.3, -0.25) is 4.79 Å². The number of carbonyl (C=O) groups excluding carboxylic acids is 1. The first kappa shape index (κ1) is 16.5. The minimum atomic E-state index is -1.00. The molecule has 0 spiro atoms. The van der Waals surface area contributed by atoms with Crippen molar-refractivity contribution in [1.29, 1.82) is 0 Å². The van der Waals surface area contributed by atoms with E-state index in [1.165, 1.54) is 0 Å². The number of piperidine rings is 1. The van der Waals surface area contributed by atoms with E-state index >= 15 is 0 Å². The van der Waals surface area contributed by atoms with Gasteiger partial charge in [0.15, 0.2) is 0 Å². The third-order valence-corrected chi connectivity index (χ3v) is 4.49. The highest BCUT2D eigenvalue weighted by Gasteiger charge is 2.25. The average molecular weight is 328 g/mol. The van der Waals surface area contributed by atoms with Crippen LogP contribution in [0.2, 0.25) is 0 Å². The number of aliphatic hydroxyl groups is 1. The summed E-state index contributed by atoms with van der Waals surface area (Å²) in [6.07, 6.45) is 4.79. The normalized spacial score (nSPS) is 16.8. The van der Waals surface area contributed by atoms with Gasteiger partial charge in [-0.2, -0.15) is 0 Å². The van der Waals surface area contributed by atoms with E-state index in [1.807, 2.05) is 48.1 Å². The SMILES string of the molecule is Cn1ccnc1N1CCC(NC(=O)[C@@H](O)Cc2ccccc2)CC1. The van der Waals surface area contributed by atoms with Crippen molar-refractivity contribution >= 4 is 11.9 Å². The van der Waals surface area contributed by atoms with Crippen LogP contribution in [0.4, 0.5) is 5.95 Å². The van der Waals surface area contributed by atoms with Crippen molar-refractivity contribution in [2.45, 2.75) is 31.4 Å². The van der Waals surface area contributed by atoms with E-state index in [0.717, 1.165) is 37.4 Å². The van der Waals surface area contributed by atoms with Crippen molar-refractivity contribution in [3.63, 3.8) is 0 Å². The number of nitrogens with one attached hydrogen (secondary N) is 1. The van der Waals surface area contributed by atoms with E-state index in [1.54, 1.807) is 6.20 Å². The summed E-state index contributed by atoms with van der Waals surface area (Å²) in [4.78, 5) is 18.8. The molecule has 0 saturated carbocycles. The van der Waals surface area contributed by atoms with Crippen LogP contribution < -0.4 is 10.2 Å². The van der Waals surface area contributed by atoms with E-state index < -0.39 is 6.10 Å². The molecule has 2 aromatic rings. The van der Waals surface area contributed by atoms with Crippen LogP contribution >= 0.6 is 0 Å². The van der Waals surface area contributed by atoms with Gasteiger partial charge in [-0.25, -0.2) is 4.98 Å². The number of imidazole rings is 1. The number of hydrogen-bond donors (Lipinski definition) is 2. The van der Waals surface area contributed by atoms with Gasteiger partial charge < -0.3 is 19.9 Å². The molecule has 1 amide bonds. The standard InChI is InChI=1S/C18H24N4O2/c1-21-12-9-19-18(21)22-10-7-15(8-11-22)20-17(24)16(23)13-14-5-3-2-4-6-14/h2-6,9,12,15-16,23H,7-8,10-11,13H2,1H3,(H,20,24)/t16-/m0/s1. The Balaban J connectivity index is 1.47. The second kappa shape index (κ2) is 7.49. The molecule has 1 aliphatic heterocycles. The maximum atomic E-state index is 12.2. The molecule has 1 aromatic heterocycles. The van der Waals surface area contributed by atoms with Crippen LogP contribution in [0, 0.1) is 0 Å². The number of aryl methyl sites for hydroxylation is 1. The number of anilines is 1. The Hall–Kier alpha value is -2.34. The average Bonchev–Trinajstić information content (AvgIpc) is 3.02. The zero-order valence-corrected chi connectivity index (χ0v) is 13.9. The number of amides is 1. The van der Waals surface area contributed by atoms with E-state index in [0.29, 0.717) is 6.42 Å². The molecule has 1 saturated heterocycles. The van der Waals surface area contributed by atoms with E-state index in [-0.39, 0.29) is 11.9 Å². The lowest BCUT2D eigenvalue weighted by atomic mass is 10.0. The Labute approximate surface area is 142 Å². The molecule has 1 aromatic carbocycles. The van der Waals surface area contributed by atoms with E-state index in [9.17, 15) is 9.90 Å². The molecule has 6 nitrogen and oxygen atoms in total. The van der Waals surface area contributed by atoms with Gasteiger partial charge in [0.1, 0.15) is 6.10 Å². The molecule has 24 heavy (non-hydrogen) atoms. The molecular weight excluding hydrogens is 304 g/mol. The van der Waals surface area contributed by atoms with Crippen molar-refractivity contribution in [3.05, 3.63) is 48.3 Å². The van der Waals surface area contributed by atoms with Gasteiger partial charge in [-0.15, -0.1) is 0 Å². The lowest BCUT2D eigenvalue weighted by Gasteiger charge is -2.33. The Morgan fingerprint density at radius 2 is 2.04 bits per heavy atom. The summed E-state index contributed by atoms with van der Waals surface area (Å²) in [7, 11) is 1.98. The number of rotatable bonds is 5. The highest BCUT2D eigenvalue weighted by Crippen LogP contribution is 2.17. The van der Waals surface area contributed by atoms with E-state index in [2.05, 4.69) is 15.2 Å². The maximum Gasteiger partial charge on any atom is 0.249 e. The molecule has 0 aliphatic carbocycles. The third kappa shape index (κ3) is 3.94. The Kier molecular flexibility index (Phi) is 5.15. The summed E-state index contributed by atoms with van der Waals surface area (Å²) in [5, 5.41) is 13.1. The van der Waals surface area contributed by atoms with Gasteiger partial charge >= 0.3 is 0 Å². The summed E-state index contributed by atoms with van der Waals surface area (Å²) in [5.41, 5.74) is 0.963. The summed E-state index contributed by atoms with van der Waals surface area (Å²) in [6.45, 7) is 1.70. The second-order valence-electron chi connectivity index (χ2n) is 6.31. The molecule has 3 rings (SSSR count). The summed E-state index contributed by atoms with van der Waals surface area (Å²) in [5.74, 6) is 0.679. The zero-order valence-electron chi connectivity index (χ0n) is 13.9. The number of hydrogen-bond acceptors (Lipinski definition) is 4. The molecule has 0 bridgehead atoms. The topological polar surface area (TPSA) is 70.4 Å². The van der Waals surface area contributed by atoms with Gasteiger partial charge in [0.2, 0.25) is 11.9 Å². The predicted molar refractivity (Wildman–Crippen MR) is 92.7 cm³/mol. The van der Waals surface area contributed by atoms with Crippen LogP contribution in [0.5, 0.6) is 0 Å². The van der Waals surface area contributed by atoms with Gasteiger partial charge in [0.05, 0.1) is 0 Å². The minimum absolute atomic E-state index is 0.111. The molecule has 128 valence electrons. The highest BCUT2D eigenvalue weighted by molar-refractivity contribution is 5.81. The smallest absolute Gasteiger partial charge is 0.249 e. The summed E-state index contributed by atoms with van der Waals surface area (Å²) < 4.78 is 2.00. The first-order valence-electron chi connectivity index (χ1n) is 8.38. The highest BCUT2D eigenvalue weighted by atomic mass is 16.3. The van der Waals surface area contributed by atoms with Crippen molar-refractivity contribution in [2.24, 2.45) is 7.05 Å². The molecule has 1 fully saturated rings. The van der Waals surface area contributed by atoms with Crippen LogP contribution in [-0.2, 0) is 18.3 Å². The summed E-state index contributed by atoms with van der Waals surface area (Å²) in [6, 6.07) is 9.69. The fourth-order valence-electron chi connectivity index (χ4n) is 3.11. The zero-order chi connectivity index (χ0) is 16.9. The Morgan fingerprint density at radius 3 is 2.67 bits per heavy atom. The van der Waals surface area contributed by atoms with Gasteiger partial charge in [0, 0.05) is 45.0 Å². The second-order valence-corrected chi connectivity index (χ2v) is 6.31. The molecule has 6 heteroatoms. The molecule has 2 heterocycles. The van der Waals surface area contributed by atoms with Crippen LogP contribution in [-0.4, -0.2) is 45.8 Å². The van der Waals surface area contributed by atoms with Gasteiger partial charge in [-0.1, -0.05) is 30.3 Å². The maximum absolute atomic E-state index is 12.2. The molecule has 2 N–H and O–H groups in total. The van der Waals surface area contributed by atoms with Crippen molar-refractivity contribution in [2.75, 3.05) is 18.0 Å². The fraction of sp³-hybridized carbons (Fsp3) is 0.444. The third-order valence-electron chi connectivity index (χ3n) is 4.49. The number of nitrogens with zero attached hydrogens (tertiary/aromatic N) is 3. The molecule has 0 unspecified atom stereocenters. The van der Waals surface area contributed by atoms with Crippen molar-refractivity contribution in [3.8, 4) is 0 Å². The Bertz CT molecular complexity index is 663. The number of aromatic nitrogens is 2. The van der Waals surface area contributed by atoms with Crippen LogP contribution in [0.15, 0.2) is 42.7 Å². The van der Waals surface area contributed by atoms with Crippen LogP contribution in [0.25, 0.3) is 0 Å². The largest absolute Gasteiger partial charge is 0.383 e. The van der Waals surface area contributed by atoms with Crippen LogP contribution in [0.1, 0.15) is 18.4 Å². The molecule has 0 radical (unpaired) electrons. The number of benzene rings is 1. The molecule has 1 aliphatic rings. The lowest BCUT2D eigenvalue weighted by molar-refractivity contribution is -0.130. The monoisotopic (exact) mass is 328 g/mol. The number of carbonyl (C=O) groups is 1. The number of aliphatic hydroxyl groups excluding tert-OH is 1. The van der Waals surface area contributed by atoms with Gasteiger partial charge in [0.25, 0.3) is 0 Å². The predicted octanol–water partition coefficient (Wildman–Crippen LogP) is 1.11. The molecular formula is C18H24N4O2. The quantitative estimate of drug-likeness (QED) is 0.863.